The number of rotatable bonds is 3. The monoisotopic (exact) mass is 325 g/mol. The van der Waals surface area contributed by atoms with Crippen LogP contribution in [0, 0.1) is 17.2 Å². The molecule has 1 aliphatic carbocycles. The number of benzene rings is 1. The number of hydrogen-bond acceptors (Lipinski definition) is 3. The number of nitrogens with two attached hydrogens (primary N) is 1. The number of carbonyl (C=O) groups is 1. The van der Waals surface area contributed by atoms with Gasteiger partial charge in [0, 0.05) is 11.5 Å². The molecule has 2 fully saturated rings. The highest BCUT2D eigenvalue weighted by Gasteiger charge is 2.49. The predicted molar refractivity (Wildman–Crippen MR) is 94.1 cm³/mol. The van der Waals surface area contributed by atoms with Gasteiger partial charge in [0.1, 0.15) is 6.04 Å². The second-order valence-electron chi connectivity index (χ2n) is 7.55. The standard InChI is InChI=1S/C20H27N3O/c1-14-12-17(13-21)23(15(14)2)19(24)18(22)20(10-6-7-11-20)16-8-4-3-5-9-16/h3-5,8-9,14-15,17-18H,6-7,10-12,22H2,1-2H3/t14-,15?,17-,18+/m0/s1. The lowest BCUT2D eigenvalue weighted by Gasteiger charge is -2.39. The predicted octanol–water partition coefficient (Wildman–Crippen LogP) is 2.97. The van der Waals surface area contributed by atoms with Crippen molar-refractivity contribution in [3.05, 3.63) is 35.9 Å². The molecule has 24 heavy (non-hydrogen) atoms. The molecule has 4 atom stereocenters. The summed E-state index contributed by atoms with van der Waals surface area (Å²) in [6.45, 7) is 4.15. The molecule has 128 valence electrons. The molecule has 1 saturated carbocycles. The Hall–Kier alpha value is -1.86. The van der Waals surface area contributed by atoms with E-state index in [9.17, 15) is 10.1 Å². The highest BCUT2D eigenvalue weighted by molar-refractivity contribution is 5.85. The third-order valence-corrected chi connectivity index (χ3v) is 6.30. The third kappa shape index (κ3) is 2.61. The van der Waals surface area contributed by atoms with E-state index in [1.54, 1.807) is 4.90 Å². The van der Waals surface area contributed by atoms with Gasteiger partial charge < -0.3 is 10.6 Å². The van der Waals surface area contributed by atoms with Crippen LogP contribution in [0.2, 0.25) is 0 Å². The van der Waals surface area contributed by atoms with E-state index in [1.165, 1.54) is 0 Å². The minimum atomic E-state index is -0.578. The normalized spacial score (nSPS) is 30.1. The van der Waals surface area contributed by atoms with Crippen LogP contribution < -0.4 is 5.73 Å². The molecule has 3 rings (SSSR count). The van der Waals surface area contributed by atoms with Crippen molar-refractivity contribution < 1.29 is 4.79 Å². The zero-order valence-electron chi connectivity index (χ0n) is 14.6. The maximum Gasteiger partial charge on any atom is 0.241 e. The van der Waals surface area contributed by atoms with Crippen molar-refractivity contribution in [2.24, 2.45) is 11.7 Å². The van der Waals surface area contributed by atoms with E-state index in [1.807, 2.05) is 25.1 Å². The third-order valence-electron chi connectivity index (χ3n) is 6.30. The van der Waals surface area contributed by atoms with E-state index in [2.05, 4.69) is 25.1 Å². The molecule has 1 unspecified atom stereocenters. The Bertz CT molecular complexity index is 630. The Morgan fingerprint density at radius 1 is 1.29 bits per heavy atom. The van der Waals surface area contributed by atoms with E-state index < -0.39 is 6.04 Å². The molecule has 1 aliphatic heterocycles. The van der Waals surface area contributed by atoms with Crippen molar-refractivity contribution in [3.63, 3.8) is 0 Å². The number of likely N-dealkylation sites (tertiary alicyclic amines) is 1. The van der Waals surface area contributed by atoms with Crippen molar-refractivity contribution in [2.75, 3.05) is 0 Å². The van der Waals surface area contributed by atoms with Gasteiger partial charge in [0.05, 0.1) is 12.1 Å². The van der Waals surface area contributed by atoms with E-state index in [0.717, 1.165) is 37.7 Å². The summed E-state index contributed by atoms with van der Waals surface area (Å²) in [7, 11) is 0. The first-order valence-corrected chi connectivity index (χ1v) is 9.04. The van der Waals surface area contributed by atoms with Crippen LogP contribution in [0.15, 0.2) is 30.3 Å². The van der Waals surface area contributed by atoms with Crippen LogP contribution in [-0.4, -0.2) is 28.9 Å². The summed E-state index contributed by atoms with van der Waals surface area (Å²) < 4.78 is 0. The average molecular weight is 325 g/mol. The zero-order chi connectivity index (χ0) is 17.3. The zero-order valence-corrected chi connectivity index (χ0v) is 14.6. The van der Waals surface area contributed by atoms with Gasteiger partial charge in [-0.2, -0.15) is 5.26 Å². The van der Waals surface area contributed by atoms with E-state index in [4.69, 9.17) is 5.73 Å². The summed E-state index contributed by atoms with van der Waals surface area (Å²) in [4.78, 5) is 15.0. The van der Waals surface area contributed by atoms with Crippen LogP contribution >= 0.6 is 0 Å². The Morgan fingerprint density at radius 3 is 2.50 bits per heavy atom. The second-order valence-corrected chi connectivity index (χ2v) is 7.55. The molecule has 1 amide bonds. The van der Waals surface area contributed by atoms with Gasteiger partial charge in [0.25, 0.3) is 0 Å². The first-order valence-electron chi connectivity index (χ1n) is 9.04. The summed E-state index contributed by atoms with van der Waals surface area (Å²) in [5, 5.41) is 9.46. The molecule has 0 aromatic heterocycles. The molecule has 1 saturated heterocycles. The topological polar surface area (TPSA) is 70.1 Å². The Balaban J connectivity index is 1.93. The first-order chi connectivity index (χ1) is 11.5. The fraction of sp³-hybridized carbons (Fsp3) is 0.600. The van der Waals surface area contributed by atoms with E-state index >= 15 is 0 Å². The number of amides is 1. The van der Waals surface area contributed by atoms with Crippen molar-refractivity contribution in [1.82, 2.24) is 4.90 Å². The van der Waals surface area contributed by atoms with Gasteiger partial charge in [-0.3, -0.25) is 4.79 Å². The van der Waals surface area contributed by atoms with Crippen LogP contribution in [0.1, 0.15) is 51.5 Å². The summed E-state index contributed by atoms with van der Waals surface area (Å²) >= 11 is 0. The molecule has 0 spiro atoms. The number of nitriles is 1. The van der Waals surface area contributed by atoms with E-state index in [-0.39, 0.29) is 23.4 Å². The lowest BCUT2D eigenvalue weighted by atomic mass is 9.72. The van der Waals surface area contributed by atoms with Gasteiger partial charge in [0.15, 0.2) is 0 Å². The highest BCUT2D eigenvalue weighted by atomic mass is 16.2. The molecule has 1 heterocycles. The lowest BCUT2D eigenvalue weighted by Crippen LogP contribution is -2.57. The number of hydrogen-bond donors (Lipinski definition) is 1. The van der Waals surface area contributed by atoms with Crippen molar-refractivity contribution in [2.45, 2.75) is 69.5 Å². The van der Waals surface area contributed by atoms with Crippen LogP contribution in [0.5, 0.6) is 0 Å². The summed E-state index contributed by atoms with van der Waals surface area (Å²) in [5.41, 5.74) is 7.47. The Kier molecular flexibility index (Phi) is 4.64. The highest BCUT2D eigenvalue weighted by Crippen LogP contribution is 2.44. The smallest absolute Gasteiger partial charge is 0.241 e. The number of carbonyl (C=O) groups excluding carboxylic acids is 1. The van der Waals surface area contributed by atoms with Gasteiger partial charge in [-0.05, 0) is 37.7 Å². The maximum atomic E-state index is 13.3. The minimum absolute atomic E-state index is 0.0517. The molecule has 4 heteroatoms. The van der Waals surface area contributed by atoms with Crippen LogP contribution in [0.4, 0.5) is 0 Å². The summed E-state index contributed by atoms with van der Waals surface area (Å²) in [6.07, 6.45) is 4.83. The minimum Gasteiger partial charge on any atom is -0.322 e. The summed E-state index contributed by atoms with van der Waals surface area (Å²) in [6, 6.07) is 11.7. The SMILES string of the molecule is CC1[C@@H](C)C[C@@H](C#N)N1C(=O)[C@@H](N)C1(c2ccccc2)CCCC1. The fourth-order valence-corrected chi connectivity index (χ4v) is 4.64. The lowest BCUT2D eigenvalue weighted by molar-refractivity contribution is -0.136. The molecule has 0 radical (unpaired) electrons. The number of nitrogens with zero attached hydrogens (tertiary/aromatic N) is 2. The molecule has 1 aromatic carbocycles. The maximum absolute atomic E-state index is 13.3. The van der Waals surface area contributed by atoms with Crippen LogP contribution in [0.3, 0.4) is 0 Å². The van der Waals surface area contributed by atoms with Crippen molar-refractivity contribution in [3.8, 4) is 6.07 Å². The Labute approximate surface area is 144 Å². The first kappa shape index (κ1) is 17.0. The Morgan fingerprint density at radius 2 is 1.92 bits per heavy atom. The van der Waals surface area contributed by atoms with Crippen LogP contribution in [-0.2, 0) is 10.2 Å². The molecule has 2 N–H and O–H groups in total. The van der Waals surface area contributed by atoms with Gasteiger partial charge in [0.2, 0.25) is 5.91 Å². The van der Waals surface area contributed by atoms with Crippen molar-refractivity contribution >= 4 is 5.91 Å². The molecular weight excluding hydrogens is 298 g/mol. The molecule has 1 aromatic rings. The average Bonchev–Trinajstić information content (AvgIpc) is 3.21. The van der Waals surface area contributed by atoms with Crippen molar-refractivity contribution in [1.29, 1.82) is 5.26 Å². The second kappa shape index (κ2) is 6.57. The van der Waals surface area contributed by atoms with Gasteiger partial charge in [-0.25, -0.2) is 0 Å². The van der Waals surface area contributed by atoms with Gasteiger partial charge >= 0.3 is 0 Å². The largest absolute Gasteiger partial charge is 0.322 e. The summed E-state index contributed by atoms with van der Waals surface area (Å²) in [5.74, 6) is 0.284. The fourth-order valence-electron chi connectivity index (χ4n) is 4.64. The van der Waals surface area contributed by atoms with Gasteiger partial charge in [-0.15, -0.1) is 0 Å². The molecular formula is C20H27N3O. The van der Waals surface area contributed by atoms with Crippen LogP contribution in [0.25, 0.3) is 0 Å². The van der Waals surface area contributed by atoms with Gasteiger partial charge in [-0.1, -0.05) is 50.1 Å². The molecule has 4 nitrogen and oxygen atoms in total. The van der Waals surface area contributed by atoms with E-state index in [0.29, 0.717) is 5.92 Å². The molecule has 2 aliphatic rings. The molecule has 0 bridgehead atoms. The quantitative estimate of drug-likeness (QED) is 0.929.